The van der Waals surface area contributed by atoms with Crippen molar-refractivity contribution in [2.75, 3.05) is 5.73 Å². The second-order valence-electron chi connectivity index (χ2n) is 9.72. The van der Waals surface area contributed by atoms with Crippen LogP contribution in [0, 0.1) is 12.7 Å². The highest BCUT2D eigenvalue weighted by Crippen LogP contribution is 2.40. The summed E-state index contributed by atoms with van der Waals surface area (Å²) >= 11 is 0. The minimum Gasteiger partial charge on any atom is -0.489 e. The highest BCUT2D eigenvalue weighted by molar-refractivity contribution is 6.02. The first-order chi connectivity index (χ1) is 18.7. The maximum absolute atomic E-state index is 14.3. The van der Waals surface area contributed by atoms with Gasteiger partial charge in [-0.2, -0.15) is 0 Å². The highest BCUT2D eigenvalue weighted by Gasteiger charge is 2.31. The van der Waals surface area contributed by atoms with E-state index in [0.717, 1.165) is 27.8 Å². The Morgan fingerprint density at radius 1 is 1.03 bits per heavy atom. The Balaban J connectivity index is 1.23. The van der Waals surface area contributed by atoms with E-state index in [9.17, 15) is 9.50 Å². The van der Waals surface area contributed by atoms with Crippen molar-refractivity contribution in [1.29, 1.82) is 0 Å². The van der Waals surface area contributed by atoms with E-state index in [1.807, 2.05) is 22.9 Å². The highest BCUT2D eigenvalue weighted by atomic mass is 19.1. The molecule has 6 rings (SSSR count). The van der Waals surface area contributed by atoms with E-state index in [2.05, 4.69) is 19.9 Å². The quantitative estimate of drug-likeness (QED) is 0.295. The number of ether oxygens (including phenoxy) is 2. The number of aryl methyl sites for hydroxylation is 1. The number of nitrogens with two attached hydrogens (primary N) is 1. The normalized spacial score (nSPS) is 16.6. The van der Waals surface area contributed by atoms with Crippen LogP contribution in [0.2, 0.25) is 0 Å². The van der Waals surface area contributed by atoms with Gasteiger partial charge >= 0.3 is 0 Å². The standard InChI is InChI=1S/C29H25FN6O3/c1-17-32-12-18(13-33-17)15-38-23-7-20(30)8-24(9-23)39-22-5-3-19(4-6-22)25-14-36(21-10-29(2,37)11-21)28-26(25)27(31)34-16-35-28/h3-10,12-14,16,37H,11,15H2,1-2H3,(H2,31,34,35)/t29-/m1/s1. The van der Waals surface area contributed by atoms with Crippen molar-refractivity contribution in [3.63, 3.8) is 0 Å². The molecule has 3 heterocycles. The van der Waals surface area contributed by atoms with E-state index >= 15 is 0 Å². The second kappa shape index (κ2) is 9.48. The molecule has 0 saturated carbocycles. The predicted octanol–water partition coefficient (Wildman–Crippen LogP) is 5.28. The first-order valence-corrected chi connectivity index (χ1v) is 12.3. The van der Waals surface area contributed by atoms with Gasteiger partial charge in [0.05, 0.1) is 11.0 Å². The Labute approximate surface area is 223 Å². The first kappa shape index (κ1) is 24.5. The van der Waals surface area contributed by atoms with Crippen LogP contribution in [0.15, 0.2) is 73.5 Å². The minimum absolute atomic E-state index is 0.201. The molecule has 9 nitrogen and oxygen atoms in total. The zero-order valence-corrected chi connectivity index (χ0v) is 21.3. The molecule has 10 heteroatoms. The maximum Gasteiger partial charge on any atom is 0.150 e. The van der Waals surface area contributed by atoms with Crippen molar-refractivity contribution in [3.05, 3.63) is 90.7 Å². The lowest BCUT2D eigenvalue weighted by molar-refractivity contribution is 0.100. The van der Waals surface area contributed by atoms with Gasteiger partial charge in [-0.15, -0.1) is 0 Å². The summed E-state index contributed by atoms with van der Waals surface area (Å²) in [6, 6.07) is 11.6. The summed E-state index contributed by atoms with van der Waals surface area (Å²) < 4.78 is 27.9. The molecule has 3 N–H and O–H groups in total. The molecule has 0 unspecified atom stereocenters. The molecule has 0 fully saturated rings. The fourth-order valence-corrected chi connectivity index (χ4v) is 4.55. The number of nitrogen functional groups attached to an aromatic ring is 1. The van der Waals surface area contributed by atoms with Gasteiger partial charge in [-0.25, -0.2) is 24.3 Å². The van der Waals surface area contributed by atoms with Crippen molar-refractivity contribution < 1.29 is 19.0 Å². The molecule has 0 bridgehead atoms. The Hall–Kier alpha value is -4.83. The number of nitrogens with zero attached hydrogens (tertiary/aromatic N) is 5. The third-order valence-electron chi connectivity index (χ3n) is 6.42. The number of anilines is 1. The molecule has 5 aromatic rings. The van der Waals surface area contributed by atoms with Crippen molar-refractivity contribution in [2.24, 2.45) is 0 Å². The van der Waals surface area contributed by atoms with Crippen LogP contribution in [-0.4, -0.2) is 35.2 Å². The van der Waals surface area contributed by atoms with Crippen LogP contribution in [0.3, 0.4) is 0 Å². The van der Waals surface area contributed by atoms with Crippen LogP contribution in [0.5, 0.6) is 17.2 Å². The van der Waals surface area contributed by atoms with Crippen molar-refractivity contribution in [3.8, 4) is 28.4 Å². The van der Waals surface area contributed by atoms with Crippen molar-refractivity contribution in [2.45, 2.75) is 32.5 Å². The number of hydrogen-bond acceptors (Lipinski definition) is 8. The number of rotatable bonds is 7. The van der Waals surface area contributed by atoms with Gasteiger partial charge in [-0.05, 0) is 37.6 Å². The fraction of sp³-hybridized carbons (Fsp3) is 0.172. The molecule has 0 amide bonds. The van der Waals surface area contributed by atoms with Crippen molar-refractivity contribution in [1.82, 2.24) is 24.5 Å². The molecule has 39 heavy (non-hydrogen) atoms. The predicted molar refractivity (Wildman–Crippen MR) is 144 cm³/mol. The fourth-order valence-electron chi connectivity index (χ4n) is 4.55. The SMILES string of the molecule is Cc1ncc(COc2cc(F)cc(Oc3ccc(-c4cn(C5=C[C@@](C)(O)C5)c5ncnc(N)c45)cc3)c2)cn1. The third kappa shape index (κ3) is 5.01. The summed E-state index contributed by atoms with van der Waals surface area (Å²) in [6.07, 6.45) is 9.02. The largest absolute Gasteiger partial charge is 0.489 e. The van der Waals surface area contributed by atoms with Crippen molar-refractivity contribution >= 4 is 22.5 Å². The summed E-state index contributed by atoms with van der Waals surface area (Å²) in [5.74, 6) is 1.70. The Morgan fingerprint density at radius 2 is 1.74 bits per heavy atom. The van der Waals surface area contributed by atoms with Gasteiger partial charge in [0.25, 0.3) is 0 Å². The number of halogens is 1. The van der Waals surface area contributed by atoms with Crippen LogP contribution < -0.4 is 15.2 Å². The van der Waals surface area contributed by atoms with Crippen LogP contribution in [0.4, 0.5) is 10.2 Å². The second-order valence-corrected chi connectivity index (χ2v) is 9.72. The molecule has 1 atom stereocenters. The van der Waals surface area contributed by atoms with E-state index < -0.39 is 11.4 Å². The van der Waals surface area contributed by atoms with Gasteiger partial charge in [0.2, 0.25) is 0 Å². The lowest BCUT2D eigenvalue weighted by Gasteiger charge is -2.31. The Morgan fingerprint density at radius 3 is 2.46 bits per heavy atom. The smallest absolute Gasteiger partial charge is 0.150 e. The van der Waals surface area contributed by atoms with E-state index in [1.54, 1.807) is 50.5 Å². The number of hydrogen-bond donors (Lipinski definition) is 2. The average Bonchev–Trinajstić information content (AvgIpc) is 3.28. The molecule has 0 saturated heterocycles. The van der Waals surface area contributed by atoms with E-state index in [-0.39, 0.29) is 6.61 Å². The zero-order chi connectivity index (χ0) is 27.1. The molecule has 2 aromatic carbocycles. The molecular formula is C29H25FN6O3. The van der Waals surface area contributed by atoms with Crippen LogP contribution in [-0.2, 0) is 6.61 Å². The summed E-state index contributed by atoms with van der Waals surface area (Å²) in [6.45, 7) is 3.76. The topological polar surface area (TPSA) is 121 Å². The number of fused-ring (bicyclic) bond motifs is 1. The van der Waals surface area contributed by atoms with Gasteiger partial charge in [0.1, 0.15) is 53.3 Å². The Kier molecular flexibility index (Phi) is 5.96. The van der Waals surface area contributed by atoms with E-state index in [4.69, 9.17) is 15.2 Å². The Bertz CT molecular complexity index is 1710. The summed E-state index contributed by atoms with van der Waals surface area (Å²) in [5, 5.41) is 10.9. The van der Waals surface area contributed by atoms with Gasteiger partial charge in [0, 0.05) is 60.0 Å². The van der Waals surface area contributed by atoms with Gasteiger partial charge < -0.3 is 24.9 Å². The van der Waals surface area contributed by atoms with E-state index in [1.165, 1.54) is 18.5 Å². The number of aliphatic hydroxyl groups is 1. The summed E-state index contributed by atoms with van der Waals surface area (Å²) in [4.78, 5) is 16.9. The van der Waals surface area contributed by atoms with Crippen LogP contribution >= 0.6 is 0 Å². The monoisotopic (exact) mass is 524 g/mol. The van der Waals surface area contributed by atoms with Crippen LogP contribution in [0.25, 0.3) is 27.9 Å². The average molecular weight is 525 g/mol. The van der Waals surface area contributed by atoms with Gasteiger partial charge in [-0.3, -0.25) is 0 Å². The molecule has 0 radical (unpaired) electrons. The summed E-state index contributed by atoms with van der Waals surface area (Å²) in [7, 11) is 0. The van der Waals surface area contributed by atoms with E-state index in [0.29, 0.717) is 41.0 Å². The molecule has 3 aromatic heterocycles. The minimum atomic E-state index is -0.833. The van der Waals surface area contributed by atoms with Gasteiger partial charge in [-0.1, -0.05) is 12.1 Å². The van der Waals surface area contributed by atoms with Crippen LogP contribution in [0.1, 0.15) is 24.7 Å². The molecular weight excluding hydrogens is 499 g/mol. The first-order valence-electron chi connectivity index (χ1n) is 12.3. The molecule has 196 valence electrons. The van der Waals surface area contributed by atoms with Gasteiger partial charge in [0.15, 0.2) is 0 Å². The third-order valence-corrected chi connectivity index (χ3v) is 6.42. The molecule has 1 aliphatic rings. The summed E-state index contributed by atoms with van der Waals surface area (Å²) in [5.41, 5.74) is 9.51. The molecule has 0 aliphatic heterocycles. The number of aromatic nitrogens is 5. The molecule has 1 aliphatic carbocycles. The zero-order valence-electron chi connectivity index (χ0n) is 21.3. The number of benzene rings is 2. The lowest BCUT2D eigenvalue weighted by Crippen LogP contribution is -2.31. The lowest BCUT2D eigenvalue weighted by atomic mass is 9.88. The molecule has 0 spiro atoms. The maximum atomic E-state index is 14.3.